The highest BCUT2D eigenvalue weighted by atomic mass is 32.1. The Hall–Kier alpha value is -3.51. The van der Waals surface area contributed by atoms with Gasteiger partial charge in [0.2, 0.25) is 11.8 Å². The van der Waals surface area contributed by atoms with Crippen molar-refractivity contribution in [2.24, 2.45) is 18.4 Å². The summed E-state index contributed by atoms with van der Waals surface area (Å²) in [5.74, 6) is 0.282. The Morgan fingerprint density at radius 1 is 1.33 bits per heavy atom. The molecule has 1 aliphatic carbocycles. The van der Waals surface area contributed by atoms with Gasteiger partial charge in [0.25, 0.3) is 0 Å². The summed E-state index contributed by atoms with van der Waals surface area (Å²) < 4.78 is 1.75. The summed E-state index contributed by atoms with van der Waals surface area (Å²) in [5.41, 5.74) is 2.53. The number of nitriles is 1. The number of carbonyl (C=O) groups is 2. The molecule has 1 saturated carbocycles. The molecule has 3 aromatic heterocycles. The van der Waals surface area contributed by atoms with E-state index in [1.54, 1.807) is 21.8 Å². The number of carbonyl (C=O) groups excluding carboxylic acids is 2. The molecule has 8 nitrogen and oxygen atoms in total. The third-order valence-corrected chi connectivity index (χ3v) is 7.31. The van der Waals surface area contributed by atoms with Crippen molar-refractivity contribution in [3.63, 3.8) is 0 Å². The SMILES string of the molecule is Cc1cc(N2CC[C@@](C#N)(C3CC3)C2=O)cc(NC(=O)Cc2cc(-c3cnn(C)c3)cs2)n1. The predicted octanol–water partition coefficient (Wildman–Crippen LogP) is 3.69. The van der Waals surface area contributed by atoms with Crippen LogP contribution < -0.4 is 10.2 Å². The molecule has 2 fully saturated rings. The molecule has 2 aliphatic rings. The smallest absolute Gasteiger partial charge is 0.247 e. The highest BCUT2D eigenvalue weighted by molar-refractivity contribution is 7.10. The minimum Gasteiger partial charge on any atom is -0.311 e. The maximum absolute atomic E-state index is 13.1. The molecule has 0 spiro atoms. The zero-order valence-corrected chi connectivity index (χ0v) is 19.4. The van der Waals surface area contributed by atoms with Crippen molar-refractivity contribution in [3.05, 3.63) is 46.5 Å². The molecule has 3 aromatic rings. The molecule has 5 rings (SSSR count). The third-order valence-electron chi connectivity index (χ3n) is 6.37. The summed E-state index contributed by atoms with van der Waals surface area (Å²) in [4.78, 5) is 32.9. The van der Waals surface area contributed by atoms with Crippen molar-refractivity contribution in [1.29, 1.82) is 5.26 Å². The molecule has 1 atom stereocenters. The van der Waals surface area contributed by atoms with E-state index < -0.39 is 5.41 Å². The molecule has 2 amide bonds. The molecule has 0 unspecified atom stereocenters. The van der Waals surface area contributed by atoms with Gasteiger partial charge in [0.15, 0.2) is 0 Å². The molecule has 1 N–H and O–H groups in total. The van der Waals surface area contributed by atoms with Gasteiger partial charge >= 0.3 is 0 Å². The first kappa shape index (κ1) is 21.3. The molecule has 0 bridgehead atoms. The second-order valence-electron chi connectivity index (χ2n) is 8.85. The number of aryl methyl sites for hydroxylation is 2. The van der Waals surface area contributed by atoms with Crippen LogP contribution in [0.2, 0.25) is 0 Å². The Morgan fingerprint density at radius 2 is 2.15 bits per heavy atom. The summed E-state index contributed by atoms with van der Waals surface area (Å²) in [6.45, 7) is 2.34. The second-order valence-corrected chi connectivity index (χ2v) is 9.84. The highest BCUT2D eigenvalue weighted by Gasteiger charge is 2.56. The number of hydrogen-bond acceptors (Lipinski definition) is 6. The van der Waals surface area contributed by atoms with Crippen molar-refractivity contribution in [1.82, 2.24) is 14.8 Å². The standard InChI is InChI=1S/C24H24N6O2S/c1-15-7-19(30-6-5-24(14-25,23(30)32)18-3-4-18)9-21(27-15)28-22(31)10-20-8-16(13-33-20)17-11-26-29(2)12-17/h7-9,11-13,18H,3-6,10H2,1-2H3,(H,27,28,31)/t24-/m1/s1. The first-order valence-corrected chi connectivity index (χ1v) is 11.8. The van der Waals surface area contributed by atoms with Crippen LogP contribution in [-0.4, -0.2) is 33.1 Å². The zero-order valence-electron chi connectivity index (χ0n) is 18.5. The fraction of sp³-hybridized carbons (Fsp3) is 0.375. The van der Waals surface area contributed by atoms with Crippen LogP contribution in [0.5, 0.6) is 0 Å². The van der Waals surface area contributed by atoms with Gasteiger partial charge in [0.05, 0.1) is 18.7 Å². The van der Waals surface area contributed by atoms with Gasteiger partial charge in [-0.3, -0.25) is 14.3 Å². The topological polar surface area (TPSA) is 104 Å². The minimum atomic E-state index is -0.897. The molecule has 1 aliphatic heterocycles. The number of hydrogen-bond donors (Lipinski definition) is 1. The van der Waals surface area contributed by atoms with Gasteiger partial charge in [-0.05, 0) is 55.2 Å². The Bertz CT molecular complexity index is 1280. The van der Waals surface area contributed by atoms with Crippen LogP contribution in [-0.2, 0) is 23.1 Å². The van der Waals surface area contributed by atoms with E-state index in [1.807, 2.05) is 37.7 Å². The maximum atomic E-state index is 13.1. The van der Waals surface area contributed by atoms with E-state index in [1.165, 1.54) is 11.3 Å². The van der Waals surface area contributed by atoms with E-state index in [-0.39, 0.29) is 24.2 Å². The molecule has 4 heterocycles. The quantitative estimate of drug-likeness (QED) is 0.604. The number of nitrogens with zero attached hydrogens (tertiary/aromatic N) is 5. The second kappa shape index (κ2) is 8.12. The van der Waals surface area contributed by atoms with E-state index in [9.17, 15) is 14.9 Å². The minimum absolute atomic E-state index is 0.128. The fourth-order valence-electron chi connectivity index (χ4n) is 4.54. The van der Waals surface area contributed by atoms with Crippen molar-refractivity contribution in [3.8, 4) is 17.2 Å². The Labute approximate surface area is 195 Å². The molecule has 0 aromatic carbocycles. The van der Waals surface area contributed by atoms with Gasteiger partial charge in [0.1, 0.15) is 11.2 Å². The average molecular weight is 461 g/mol. The van der Waals surface area contributed by atoms with Crippen LogP contribution in [0.25, 0.3) is 11.1 Å². The van der Waals surface area contributed by atoms with Crippen LogP contribution in [0.15, 0.2) is 36.0 Å². The molecule has 1 saturated heterocycles. The summed E-state index contributed by atoms with van der Waals surface area (Å²) in [5, 5.41) is 18.8. The number of rotatable bonds is 6. The van der Waals surface area contributed by atoms with E-state index in [0.29, 0.717) is 30.2 Å². The van der Waals surface area contributed by atoms with Crippen molar-refractivity contribution in [2.75, 3.05) is 16.8 Å². The van der Waals surface area contributed by atoms with Gasteiger partial charge in [-0.15, -0.1) is 11.3 Å². The summed E-state index contributed by atoms with van der Waals surface area (Å²) in [6, 6.07) is 7.86. The highest BCUT2D eigenvalue weighted by Crippen LogP contribution is 2.52. The summed E-state index contributed by atoms with van der Waals surface area (Å²) in [6.07, 6.45) is 6.40. The van der Waals surface area contributed by atoms with Gasteiger partial charge in [-0.2, -0.15) is 10.4 Å². The molecular formula is C24H24N6O2S. The number of amides is 2. The Morgan fingerprint density at radius 3 is 2.85 bits per heavy atom. The van der Waals surface area contributed by atoms with Crippen molar-refractivity contribution in [2.45, 2.75) is 32.6 Å². The lowest BCUT2D eigenvalue weighted by Crippen LogP contribution is -2.35. The van der Waals surface area contributed by atoms with Crippen molar-refractivity contribution < 1.29 is 9.59 Å². The summed E-state index contributed by atoms with van der Waals surface area (Å²) in [7, 11) is 1.87. The lowest BCUT2D eigenvalue weighted by atomic mass is 9.83. The maximum Gasteiger partial charge on any atom is 0.247 e. The number of thiophene rings is 1. The first-order valence-electron chi connectivity index (χ1n) is 11.0. The van der Waals surface area contributed by atoms with E-state index in [0.717, 1.165) is 28.8 Å². The van der Waals surface area contributed by atoms with Crippen LogP contribution in [0.3, 0.4) is 0 Å². The van der Waals surface area contributed by atoms with E-state index >= 15 is 0 Å². The Balaban J connectivity index is 1.29. The molecule has 168 valence electrons. The van der Waals surface area contributed by atoms with Crippen LogP contribution in [0.4, 0.5) is 11.5 Å². The van der Waals surface area contributed by atoms with Gasteiger partial charge in [-0.1, -0.05) is 0 Å². The fourth-order valence-corrected chi connectivity index (χ4v) is 5.44. The monoisotopic (exact) mass is 460 g/mol. The van der Waals surface area contributed by atoms with Crippen LogP contribution in [0, 0.1) is 29.6 Å². The van der Waals surface area contributed by atoms with E-state index in [2.05, 4.69) is 21.5 Å². The van der Waals surface area contributed by atoms with E-state index in [4.69, 9.17) is 0 Å². The number of aromatic nitrogens is 3. The normalized spacial score (nSPS) is 20.2. The molecule has 33 heavy (non-hydrogen) atoms. The van der Waals surface area contributed by atoms with Gasteiger partial charge in [-0.25, -0.2) is 4.98 Å². The zero-order chi connectivity index (χ0) is 23.2. The molecule has 9 heteroatoms. The number of pyridine rings is 1. The molecule has 0 radical (unpaired) electrons. The summed E-state index contributed by atoms with van der Waals surface area (Å²) >= 11 is 1.53. The Kier molecular flexibility index (Phi) is 5.25. The third kappa shape index (κ3) is 4.02. The lowest BCUT2D eigenvalue weighted by Gasteiger charge is -2.21. The molecular weight excluding hydrogens is 436 g/mol. The van der Waals surface area contributed by atoms with Gasteiger partial charge in [0, 0.05) is 47.7 Å². The first-order chi connectivity index (χ1) is 15.9. The average Bonchev–Trinajstić information content (AvgIpc) is 3.21. The van der Waals surface area contributed by atoms with Crippen molar-refractivity contribution >= 4 is 34.7 Å². The number of anilines is 2. The number of nitrogens with one attached hydrogen (secondary N) is 1. The van der Waals surface area contributed by atoms with Crippen LogP contribution >= 0.6 is 11.3 Å². The van der Waals surface area contributed by atoms with Crippen LogP contribution in [0.1, 0.15) is 29.8 Å². The predicted molar refractivity (Wildman–Crippen MR) is 126 cm³/mol. The largest absolute Gasteiger partial charge is 0.311 e. The lowest BCUT2D eigenvalue weighted by molar-refractivity contribution is -0.123. The van der Waals surface area contributed by atoms with Gasteiger partial charge < -0.3 is 10.2 Å².